The highest BCUT2D eigenvalue weighted by Gasteiger charge is 2.22. The Balaban J connectivity index is 2.84. The van der Waals surface area contributed by atoms with Crippen molar-refractivity contribution >= 4 is 38.4 Å². The lowest BCUT2D eigenvalue weighted by Gasteiger charge is -2.20. The van der Waals surface area contributed by atoms with Gasteiger partial charge in [0.2, 0.25) is 0 Å². The molecule has 0 unspecified atom stereocenters. The van der Waals surface area contributed by atoms with E-state index in [9.17, 15) is 9.50 Å². The molecule has 2 rings (SSSR count). The minimum atomic E-state index is -1.06. The van der Waals surface area contributed by atoms with Gasteiger partial charge in [0.1, 0.15) is 5.52 Å². The average Bonchev–Trinajstić information content (AvgIpc) is 2.17. The maximum Gasteiger partial charge on any atom is 0.150 e. The monoisotopic (exact) mass is 317 g/mol. The zero-order valence-corrected chi connectivity index (χ0v) is 11.6. The highest BCUT2D eigenvalue weighted by Crippen LogP contribution is 2.34. The van der Waals surface area contributed by atoms with Crippen LogP contribution in [-0.2, 0) is 5.60 Å². The predicted molar refractivity (Wildman–Crippen MR) is 69.7 cm³/mol. The molecule has 0 saturated carbocycles. The minimum Gasteiger partial charge on any atom is -0.386 e. The standard InChI is InChI=1S/C12H10BrClFNO/c1-12(2,17)8-5-16-11-7(10(8)13)3-6(14)4-9(11)15/h3-5,17H,1-2H3. The number of rotatable bonds is 1. The molecular weight excluding hydrogens is 308 g/mol. The molecule has 1 heterocycles. The molecule has 0 atom stereocenters. The molecule has 5 heteroatoms. The number of hydrogen-bond acceptors (Lipinski definition) is 2. The Morgan fingerprint density at radius 3 is 2.65 bits per heavy atom. The summed E-state index contributed by atoms with van der Waals surface area (Å²) in [4.78, 5) is 4.03. The van der Waals surface area contributed by atoms with E-state index >= 15 is 0 Å². The number of halogens is 3. The summed E-state index contributed by atoms with van der Waals surface area (Å²) in [5.74, 6) is -0.476. The van der Waals surface area contributed by atoms with E-state index in [-0.39, 0.29) is 5.52 Å². The van der Waals surface area contributed by atoms with Crippen molar-refractivity contribution in [2.75, 3.05) is 0 Å². The summed E-state index contributed by atoms with van der Waals surface area (Å²) in [6.45, 7) is 3.28. The van der Waals surface area contributed by atoms with Crippen molar-refractivity contribution in [3.05, 3.63) is 39.2 Å². The van der Waals surface area contributed by atoms with Gasteiger partial charge in [0.05, 0.1) is 5.60 Å². The van der Waals surface area contributed by atoms with E-state index in [4.69, 9.17) is 11.6 Å². The first kappa shape index (κ1) is 12.7. The second kappa shape index (κ2) is 4.19. The molecule has 2 nitrogen and oxygen atoms in total. The fraction of sp³-hybridized carbons (Fsp3) is 0.250. The van der Waals surface area contributed by atoms with Gasteiger partial charge in [0.25, 0.3) is 0 Å². The third kappa shape index (κ3) is 2.30. The number of aliphatic hydroxyl groups is 1. The summed E-state index contributed by atoms with van der Waals surface area (Å²) >= 11 is 9.17. The topological polar surface area (TPSA) is 33.1 Å². The average molecular weight is 319 g/mol. The van der Waals surface area contributed by atoms with E-state index in [0.717, 1.165) is 0 Å². The van der Waals surface area contributed by atoms with Crippen LogP contribution in [0.3, 0.4) is 0 Å². The van der Waals surface area contributed by atoms with Crippen LogP contribution >= 0.6 is 27.5 Å². The summed E-state index contributed by atoms with van der Waals surface area (Å²) in [7, 11) is 0. The summed E-state index contributed by atoms with van der Waals surface area (Å²) in [6.07, 6.45) is 1.46. The van der Waals surface area contributed by atoms with E-state index in [0.29, 0.717) is 20.4 Å². The molecule has 0 aliphatic carbocycles. The quantitative estimate of drug-likeness (QED) is 0.861. The van der Waals surface area contributed by atoms with Crippen LogP contribution in [0.2, 0.25) is 5.02 Å². The van der Waals surface area contributed by atoms with Gasteiger partial charge >= 0.3 is 0 Å². The molecule has 0 bridgehead atoms. The minimum absolute atomic E-state index is 0.231. The van der Waals surface area contributed by atoms with Gasteiger partial charge in [-0.15, -0.1) is 0 Å². The molecule has 0 aliphatic rings. The van der Waals surface area contributed by atoms with Gasteiger partial charge in [-0.1, -0.05) is 11.6 Å². The Kier molecular flexibility index (Phi) is 3.14. The number of aromatic nitrogens is 1. The molecule has 2 aromatic rings. The van der Waals surface area contributed by atoms with Gasteiger partial charge in [0, 0.05) is 26.6 Å². The first-order chi connectivity index (χ1) is 7.80. The van der Waals surface area contributed by atoms with Crippen LogP contribution in [0.15, 0.2) is 22.8 Å². The number of fused-ring (bicyclic) bond motifs is 1. The lowest BCUT2D eigenvalue weighted by molar-refractivity contribution is 0.0776. The zero-order chi connectivity index (χ0) is 12.8. The molecule has 1 N–H and O–H groups in total. The second-order valence-corrected chi connectivity index (χ2v) is 5.56. The Hall–Kier alpha value is -0.710. The third-order valence-electron chi connectivity index (χ3n) is 2.48. The molecule has 0 spiro atoms. The fourth-order valence-corrected chi connectivity index (χ4v) is 2.72. The van der Waals surface area contributed by atoms with Crippen molar-refractivity contribution in [2.45, 2.75) is 19.4 Å². The molecule has 0 radical (unpaired) electrons. The van der Waals surface area contributed by atoms with E-state index in [2.05, 4.69) is 20.9 Å². The van der Waals surface area contributed by atoms with Crippen molar-refractivity contribution in [1.82, 2.24) is 4.98 Å². The summed E-state index contributed by atoms with van der Waals surface area (Å²) < 4.78 is 14.2. The molecule has 0 aliphatic heterocycles. The Labute approximate surface area is 112 Å². The number of nitrogens with zero attached hydrogens (tertiary/aromatic N) is 1. The SMILES string of the molecule is CC(C)(O)c1cnc2c(F)cc(Cl)cc2c1Br. The molecule has 0 saturated heterocycles. The van der Waals surface area contributed by atoms with Crippen molar-refractivity contribution in [3.8, 4) is 0 Å². The maximum atomic E-state index is 13.6. The molecule has 1 aromatic carbocycles. The smallest absolute Gasteiger partial charge is 0.150 e. The van der Waals surface area contributed by atoms with Crippen LogP contribution in [0.5, 0.6) is 0 Å². The van der Waals surface area contributed by atoms with Gasteiger partial charge in [-0.05, 0) is 41.9 Å². The van der Waals surface area contributed by atoms with Crippen LogP contribution in [0.4, 0.5) is 4.39 Å². The van der Waals surface area contributed by atoms with Crippen molar-refractivity contribution in [2.24, 2.45) is 0 Å². The van der Waals surface area contributed by atoms with Crippen molar-refractivity contribution < 1.29 is 9.50 Å². The van der Waals surface area contributed by atoms with Crippen molar-refractivity contribution in [3.63, 3.8) is 0 Å². The first-order valence-corrected chi connectivity index (χ1v) is 6.14. The molecule has 0 fully saturated rings. The molecule has 0 amide bonds. The third-order valence-corrected chi connectivity index (χ3v) is 3.56. The van der Waals surface area contributed by atoms with Gasteiger partial charge in [-0.2, -0.15) is 0 Å². The van der Waals surface area contributed by atoms with Crippen LogP contribution < -0.4 is 0 Å². The molecule has 90 valence electrons. The Morgan fingerprint density at radius 1 is 1.41 bits per heavy atom. The van der Waals surface area contributed by atoms with E-state index in [1.807, 2.05) is 0 Å². The lowest BCUT2D eigenvalue weighted by atomic mass is 9.99. The summed E-state index contributed by atoms with van der Waals surface area (Å²) in [6, 6.07) is 2.83. The van der Waals surface area contributed by atoms with E-state index in [1.165, 1.54) is 12.3 Å². The Morgan fingerprint density at radius 2 is 2.06 bits per heavy atom. The number of pyridine rings is 1. The number of hydrogen-bond donors (Lipinski definition) is 1. The summed E-state index contributed by atoms with van der Waals surface area (Å²) in [5, 5.41) is 10.8. The van der Waals surface area contributed by atoms with Crippen LogP contribution in [-0.4, -0.2) is 10.1 Å². The van der Waals surface area contributed by atoms with Gasteiger partial charge in [0.15, 0.2) is 5.82 Å². The van der Waals surface area contributed by atoms with E-state index < -0.39 is 11.4 Å². The molecular formula is C12H10BrClFNO. The molecule has 17 heavy (non-hydrogen) atoms. The van der Waals surface area contributed by atoms with Gasteiger partial charge in [-0.25, -0.2) is 4.39 Å². The van der Waals surface area contributed by atoms with Gasteiger partial charge in [-0.3, -0.25) is 4.98 Å². The van der Waals surface area contributed by atoms with E-state index in [1.54, 1.807) is 19.9 Å². The Bertz CT molecular complexity index is 595. The molecule has 1 aromatic heterocycles. The normalized spacial score (nSPS) is 12.1. The van der Waals surface area contributed by atoms with Crippen molar-refractivity contribution in [1.29, 1.82) is 0 Å². The number of benzene rings is 1. The highest BCUT2D eigenvalue weighted by atomic mass is 79.9. The zero-order valence-electron chi connectivity index (χ0n) is 9.26. The second-order valence-electron chi connectivity index (χ2n) is 4.33. The highest BCUT2D eigenvalue weighted by molar-refractivity contribution is 9.10. The van der Waals surface area contributed by atoms with Gasteiger partial charge < -0.3 is 5.11 Å². The lowest BCUT2D eigenvalue weighted by Crippen LogP contribution is -2.16. The van der Waals surface area contributed by atoms with Crippen LogP contribution in [0, 0.1) is 5.82 Å². The predicted octanol–water partition coefficient (Wildman–Crippen LogP) is 4.02. The summed E-state index contributed by atoms with van der Waals surface area (Å²) in [5.41, 5.74) is -0.236. The fourth-order valence-electron chi connectivity index (χ4n) is 1.62. The van der Waals surface area contributed by atoms with Crippen LogP contribution in [0.25, 0.3) is 10.9 Å². The maximum absolute atomic E-state index is 13.6. The largest absolute Gasteiger partial charge is 0.386 e. The first-order valence-electron chi connectivity index (χ1n) is 4.97. The van der Waals surface area contributed by atoms with Crippen LogP contribution in [0.1, 0.15) is 19.4 Å².